The summed E-state index contributed by atoms with van der Waals surface area (Å²) < 4.78 is 33.7. The molecule has 9 atom stereocenters. The second-order valence-electron chi connectivity index (χ2n) is 6.11. The van der Waals surface area contributed by atoms with Gasteiger partial charge in [-0.15, -0.1) is 9.05 Å². The lowest BCUT2D eigenvalue weighted by Crippen LogP contribution is -2.26. The maximum Gasteiger partial charge on any atom is 0.697 e. The first-order chi connectivity index (χ1) is 9.81. The summed E-state index contributed by atoms with van der Waals surface area (Å²) in [6, 6.07) is -0.695. The van der Waals surface area contributed by atoms with Gasteiger partial charge in [-0.2, -0.15) is 0 Å². The van der Waals surface area contributed by atoms with Crippen molar-refractivity contribution in [2.45, 2.75) is 58.0 Å². The maximum atomic E-state index is 11.9. The van der Waals surface area contributed by atoms with Crippen LogP contribution in [0.2, 0.25) is 0 Å². The number of ether oxygens (including phenoxy) is 2. The molecule has 9 unspecified atom stereocenters. The van der Waals surface area contributed by atoms with Crippen LogP contribution < -0.4 is 0 Å². The Morgan fingerprint density at radius 1 is 1.00 bits per heavy atom. The zero-order valence-corrected chi connectivity index (χ0v) is 13.9. The normalized spacial score (nSPS) is 47.7. The zero-order valence-electron chi connectivity index (χ0n) is 13.0. The molecule has 0 aromatic rings. The van der Waals surface area contributed by atoms with Gasteiger partial charge in [0, 0.05) is 22.5 Å². The first-order valence-corrected chi connectivity index (χ1v) is 8.49. The van der Waals surface area contributed by atoms with E-state index in [4.69, 9.17) is 34.2 Å². The molecular formula is C13H22B2O5P+. The minimum Gasteiger partial charge on any atom is -0.382 e. The summed E-state index contributed by atoms with van der Waals surface area (Å²) in [4.78, 5) is 0. The average molecular weight is 311 g/mol. The van der Waals surface area contributed by atoms with E-state index in [1.165, 1.54) is 0 Å². The van der Waals surface area contributed by atoms with Crippen LogP contribution in [0.4, 0.5) is 0 Å². The molecule has 0 aromatic heterocycles. The third-order valence-electron chi connectivity index (χ3n) is 4.69. The number of hydrogen-bond acceptors (Lipinski definition) is 5. The fraction of sp³-hybridized carbons (Fsp3) is 1.00. The maximum absolute atomic E-state index is 11.9. The minimum absolute atomic E-state index is 0.0300. The molecule has 0 saturated carbocycles. The number of rotatable bonds is 5. The topological polar surface area (TPSA) is 54.0 Å². The quantitative estimate of drug-likeness (QED) is 0.572. The van der Waals surface area contributed by atoms with Crippen LogP contribution in [0.25, 0.3) is 0 Å². The minimum atomic E-state index is -2.23. The Kier molecular flexibility index (Phi) is 5.89. The second-order valence-corrected chi connectivity index (χ2v) is 7.03. The molecule has 2 saturated heterocycles. The molecule has 0 amide bonds. The lowest BCUT2D eigenvalue weighted by Gasteiger charge is -2.14. The van der Waals surface area contributed by atoms with Crippen molar-refractivity contribution < 1.29 is 23.1 Å². The monoisotopic (exact) mass is 311 g/mol. The Balaban J connectivity index is 1.78. The van der Waals surface area contributed by atoms with Crippen LogP contribution in [-0.2, 0) is 23.1 Å². The van der Waals surface area contributed by atoms with Gasteiger partial charge in [0.2, 0.25) is 0 Å². The standard InChI is InChI=1S/C13H22B2O5P/c1-6-7(2)12(14)19-10(6)5-17-21(16)20-11-8(3)13(15)18-9(11)4/h6-13H,5H2,1-4H3/q+1. The SMILES string of the molecule is [B]C1OC(CO[P+](=O)OC2C(C)OC([B])C2C)C(C)C1C. The van der Waals surface area contributed by atoms with E-state index in [1.54, 1.807) is 0 Å². The van der Waals surface area contributed by atoms with E-state index in [2.05, 4.69) is 0 Å². The molecule has 2 aliphatic heterocycles. The Bertz CT molecular complexity index is 386. The summed E-state index contributed by atoms with van der Waals surface area (Å²) >= 11 is 0. The van der Waals surface area contributed by atoms with Crippen molar-refractivity contribution in [2.24, 2.45) is 17.8 Å². The van der Waals surface area contributed by atoms with E-state index < -0.39 is 14.3 Å². The van der Waals surface area contributed by atoms with Crippen molar-refractivity contribution in [3.8, 4) is 0 Å². The highest BCUT2D eigenvalue weighted by Crippen LogP contribution is 2.38. The Hall–Kier alpha value is 0.0699. The van der Waals surface area contributed by atoms with Gasteiger partial charge in [-0.3, -0.25) is 0 Å². The largest absolute Gasteiger partial charge is 0.697 e. The van der Waals surface area contributed by atoms with Crippen molar-refractivity contribution >= 4 is 23.9 Å². The van der Waals surface area contributed by atoms with Gasteiger partial charge in [-0.25, -0.2) is 0 Å². The smallest absolute Gasteiger partial charge is 0.382 e. The van der Waals surface area contributed by atoms with Gasteiger partial charge in [-0.05, 0) is 18.8 Å². The predicted octanol–water partition coefficient (Wildman–Crippen LogP) is 1.76. The molecular weight excluding hydrogens is 289 g/mol. The molecule has 0 N–H and O–H groups in total. The third kappa shape index (κ3) is 3.89. The van der Waals surface area contributed by atoms with Crippen LogP contribution in [0.3, 0.4) is 0 Å². The lowest BCUT2D eigenvalue weighted by atomic mass is 9.82. The highest BCUT2D eigenvalue weighted by Gasteiger charge is 2.45. The summed E-state index contributed by atoms with van der Waals surface area (Å²) in [6.45, 7) is 8.04. The van der Waals surface area contributed by atoms with Gasteiger partial charge >= 0.3 is 8.25 Å². The summed E-state index contributed by atoms with van der Waals surface area (Å²) in [5, 5.41) is 0. The molecule has 0 aromatic carbocycles. The van der Waals surface area contributed by atoms with Crippen molar-refractivity contribution in [1.29, 1.82) is 0 Å². The lowest BCUT2D eigenvalue weighted by molar-refractivity contribution is 0.0222. The first-order valence-electron chi connectivity index (χ1n) is 7.40. The average Bonchev–Trinajstić information content (AvgIpc) is 2.81. The molecule has 8 heteroatoms. The molecule has 0 spiro atoms. The van der Waals surface area contributed by atoms with E-state index in [0.29, 0.717) is 0 Å². The molecule has 4 radical (unpaired) electrons. The Labute approximate surface area is 130 Å². The van der Waals surface area contributed by atoms with Gasteiger partial charge < -0.3 is 9.47 Å². The third-order valence-corrected chi connectivity index (χ3v) is 5.46. The van der Waals surface area contributed by atoms with E-state index >= 15 is 0 Å². The Morgan fingerprint density at radius 2 is 1.62 bits per heavy atom. The van der Waals surface area contributed by atoms with Gasteiger partial charge in [-0.1, -0.05) is 20.8 Å². The van der Waals surface area contributed by atoms with Crippen molar-refractivity contribution in [3.63, 3.8) is 0 Å². The van der Waals surface area contributed by atoms with Gasteiger partial charge in [0.1, 0.15) is 28.4 Å². The van der Waals surface area contributed by atoms with E-state index in [1.807, 2.05) is 27.7 Å². The summed E-state index contributed by atoms with van der Waals surface area (Å²) in [7, 11) is 9.39. The van der Waals surface area contributed by atoms with Crippen molar-refractivity contribution in [2.75, 3.05) is 6.61 Å². The fourth-order valence-electron chi connectivity index (χ4n) is 2.79. The van der Waals surface area contributed by atoms with Crippen LogP contribution in [0, 0.1) is 17.8 Å². The van der Waals surface area contributed by atoms with Crippen molar-refractivity contribution in [1.82, 2.24) is 0 Å². The molecule has 0 aliphatic carbocycles. The fourth-order valence-corrected chi connectivity index (χ4v) is 3.68. The molecule has 114 valence electrons. The highest BCUT2D eigenvalue weighted by atomic mass is 31.1. The van der Waals surface area contributed by atoms with Gasteiger partial charge in [0.15, 0.2) is 0 Å². The first kappa shape index (κ1) is 17.4. The molecule has 21 heavy (non-hydrogen) atoms. The molecule has 2 rings (SSSR count). The molecule has 0 bridgehead atoms. The summed E-state index contributed by atoms with van der Waals surface area (Å²) in [5.74, 6) is 0.473. The van der Waals surface area contributed by atoms with E-state index in [9.17, 15) is 4.57 Å². The summed E-state index contributed by atoms with van der Waals surface area (Å²) in [5.41, 5.74) is 0. The number of hydrogen-bond donors (Lipinski definition) is 0. The zero-order chi connectivity index (χ0) is 15.7. The molecule has 5 nitrogen and oxygen atoms in total. The van der Waals surface area contributed by atoms with E-state index in [0.717, 1.165) is 0 Å². The summed E-state index contributed by atoms with van der Waals surface area (Å²) in [6.07, 6.45) is -0.686. The van der Waals surface area contributed by atoms with Crippen LogP contribution in [0.5, 0.6) is 0 Å². The van der Waals surface area contributed by atoms with Crippen LogP contribution in [-0.4, -0.2) is 52.6 Å². The molecule has 2 fully saturated rings. The highest BCUT2D eigenvalue weighted by molar-refractivity contribution is 7.33. The molecule has 2 aliphatic rings. The van der Waals surface area contributed by atoms with E-state index in [-0.39, 0.29) is 48.7 Å². The Morgan fingerprint density at radius 3 is 2.10 bits per heavy atom. The van der Waals surface area contributed by atoms with Gasteiger partial charge in [0.05, 0.1) is 12.2 Å². The van der Waals surface area contributed by atoms with Crippen LogP contribution in [0.15, 0.2) is 0 Å². The predicted molar refractivity (Wildman–Crippen MR) is 80.4 cm³/mol. The van der Waals surface area contributed by atoms with Crippen molar-refractivity contribution in [3.05, 3.63) is 0 Å². The van der Waals surface area contributed by atoms with Crippen LogP contribution >= 0.6 is 8.25 Å². The van der Waals surface area contributed by atoms with Gasteiger partial charge in [0.25, 0.3) is 0 Å². The second kappa shape index (κ2) is 7.10. The van der Waals surface area contributed by atoms with Crippen LogP contribution in [0.1, 0.15) is 27.7 Å². The molecule has 2 heterocycles.